The molecule has 3 N–H and O–H groups in total. The van der Waals surface area contributed by atoms with Crippen molar-refractivity contribution in [2.45, 2.75) is 19.9 Å². The lowest BCUT2D eigenvalue weighted by atomic mass is 10.3. The molecule has 0 atom stereocenters. The quantitative estimate of drug-likeness (QED) is 0.557. The molecule has 0 radical (unpaired) electrons. The fraction of sp³-hybridized carbons (Fsp3) is 0.214. The number of hydrogen-bond acceptors (Lipinski definition) is 5. The number of nitrogens with zero attached hydrogens (tertiary/aromatic N) is 4. The molecular formula is C14H14Cl2N6. The van der Waals surface area contributed by atoms with Gasteiger partial charge in [0, 0.05) is 22.4 Å². The molecule has 0 bridgehead atoms. The molecule has 1 aromatic carbocycles. The number of nitrogen functional groups attached to an aromatic ring is 1. The number of aromatic nitrogens is 4. The van der Waals surface area contributed by atoms with Crippen LogP contribution in [0.1, 0.15) is 19.9 Å². The van der Waals surface area contributed by atoms with Gasteiger partial charge in [0.2, 0.25) is 5.28 Å². The van der Waals surface area contributed by atoms with E-state index in [1.165, 1.54) is 0 Å². The molecule has 0 aliphatic carbocycles. The van der Waals surface area contributed by atoms with Crippen LogP contribution in [0, 0.1) is 0 Å². The van der Waals surface area contributed by atoms with Gasteiger partial charge in [0.1, 0.15) is 0 Å². The monoisotopic (exact) mass is 336 g/mol. The molecule has 0 aliphatic heterocycles. The zero-order valence-electron chi connectivity index (χ0n) is 12.0. The summed E-state index contributed by atoms with van der Waals surface area (Å²) in [6.45, 7) is 4.09. The lowest BCUT2D eigenvalue weighted by molar-refractivity contribution is 0.612. The Bertz CT molecular complexity index is 822. The number of halogens is 2. The molecule has 0 saturated carbocycles. The maximum Gasteiger partial charge on any atom is 0.226 e. The predicted octanol–water partition coefficient (Wildman–Crippen LogP) is 4.04. The second-order valence-corrected chi connectivity index (χ2v) is 5.93. The molecule has 6 nitrogen and oxygen atoms in total. The summed E-state index contributed by atoms with van der Waals surface area (Å²) in [5.41, 5.74) is 8.37. The van der Waals surface area contributed by atoms with Gasteiger partial charge in [-0.05, 0) is 43.6 Å². The highest BCUT2D eigenvalue weighted by Gasteiger charge is 2.14. The summed E-state index contributed by atoms with van der Waals surface area (Å²) in [4.78, 5) is 12.8. The van der Waals surface area contributed by atoms with Crippen LogP contribution in [-0.2, 0) is 0 Å². The van der Waals surface area contributed by atoms with E-state index in [-0.39, 0.29) is 11.3 Å². The average molecular weight is 337 g/mol. The highest BCUT2D eigenvalue weighted by Crippen LogP contribution is 2.28. The Hall–Kier alpha value is -2.05. The van der Waals surface area contributed by atoms with Gasteiger partial charge in [-0.1, -0.05) is 11.6 Å². The topological polar surface area (TPSA) is 81.7 Å². The molecule has 2 aromatic heterocycles. The molecule has 114 valence electrons. The van der Waals surface area contributed by atoms with Gasteiger partial charge < -0.3 is 15.6 Å². The van der Waals surface area contributed by atoms with Crippen LogP contribution in [0.5, 0.6) is 0 Å². The number of nitrogens with one attached hydrogen (secondary N) is 1. The van der Waals surface area contributed by atoms with Gasteiger partial charge in [-0.3, -0.25) is 0 Å². The molecule has 3 rings (SSSR count). The molecule has 2 heterocycles. The Morgan fingerprint density at radius 2 is 1.95 bits per heavy atom. The van der Waals surface area contributed by atoms with Crippen LogP contribution in [-0.4, -0.2) is 19.5 Å². The Kier molecular flexibility index (Phi) is 3.80. The third kappa shape index (κ3) is 2.80. The van der Waals surface area contributed by atoms with Crippen molar-refractivity contribution >= 4 is 51.6 Å². The van der Waals surface area contributed by atoms with E-state index >= 15 is 0 Å². The van der Waals surface area contributed by atoms with Gasteiger partial charge in [0.05, 0.1) is 6.33 Å². The fourth-order valence-electron chi connectivity index (χ4n) is 2.18. The van der Waals surface area contributed by atoms with Crippen LogP contribution in [0.2, 0.25) is 10.3 Å². The van der Waals surface area contributed by atoms with Gasteiger partial charge in [-0.25, -0.2) is 4.98 Å². The van der Waals surface area contributed by atoms with E-state index in [0.717, 1.165) is 0 Å². The summed E-state index contributed by atoms with van der Waals surface area (Å²) < 4.78 is 1.93. The smallest absolute Gasteiger partial charge is 0.226 e. The van der Waals surface area contributed by atoms with Crippen LogP contribution in [0.15, 0.2) is 24.5 Å². The molecule has 8 heteroatoms. The van der Waals surface area contributed by atoms with Gasteiger partial charge in [0.25, 0.3) is 0 Å². The SMILES string of the molecule is CC(C)n1cnc2c(Nc3cc(N)cc(Cl)c3)nc(Cl)nc21. The van der Waals surface area contributed by atoms with Crippen LogP contribution < -0.4 is 11.1 Å². The Labute approximate surface area is 137 Å². The number of hydrogen-bond donors (Lipinski definition) is 2. The van der Waals surface area contributed by atoms with Crippen molar-refractivity contribution in [3.05, 3.63) is 34.8 Å². The average Bonchev–Trinajstić information content (AvgIpc) is 2.81. The number of rotatable bonds is 3. The van der Waals surface area contributed by atoms with Gasteiger partial charge in [-0.2, -0.15) is 9.97 Å². The van der Waals surface area contributed by atoms with Crippen LogP contribution in [0.25, 0.3) is 11.2 Å². The van der Waals surface area contributed by atoms with Crippen molar-refractivity contribution in [2.75, 3.05) is 11.1 Å². The number of nitrogens with two attached hydrogens (primary N) is 1. The van der Waals surface area contributed by atoms with E-state index < -0.39 is 0 Å². The zero-order chi connectivity index (χ0) is 15.9. The summed E-state index contributed by atoms with van der Waals surface area (Å²) in [6, 6.07) is 5.39. The number of imidazole rings is 1. The van der Waals surface area contributed by atoms with E-state index in [2.05, 4.69) is 20.3 Å². The predicted molar refractivity (Wildman–Crippen MR) is 89.9 cm³/mol. The lowest BCUT2D eigenvalue weighted by Gasteiger charge is -2.10. The van der Waals surface area contributed by atoms with Crippen molar-refractivity contribution in [3.63, 3.8) is 0 Å². The zero-order valence-corrected chi connectivity index (χ0v) is 13.5. The first-order chi connectivity index (χ1) is 10.4. The summed E-state index contributed by atoms with van der Waals surface area (Å²) in [5.74, 6) is 0.510. The molecular weight excluding hydrogens is 323 g/mol. The standard InChI is InChI=1S/C14H14Cl2N6/c1-7(2)22-6-18-11-12(20-14(16)21-13(11)22)19-10-4-8(15)3-9(17)5-10/h3-7H,17H2,1-2H3,(H,19,20,21). The number of anilines is 3. The van der Waals surface area contributed by atoms with Gasteiger partial charge in [-0.15, -0.1) is 0 Å². The van der Waals surface area contributed by atoms with Crippen LogP contribution >= 0.6 is 23.2 Å². The molecule has 0 aliphatic rings. The minimum Gasteiger partial charge on any atom is -0.399 e. The number of fused-ring (bicyclic) bond motifs is 1. The second-order valence-electron chi connectivity index (χ2n) is 5.16. The van der Waals surface area contributed by atoms with Gasteiger partial charge >= 0.3 is 0 Å². The summed E-state index contributed by atoms with van der Waals surface area (Å²) in [7, 11) is 0. The molecule has 0 unspecified atom stereocenters. The summed E-state index contributed by atoms with van der Waals surface area (Å²) >= 11 is 12.0. The number of benzene rings is 1. The van der Waals surface area contributed by atoms with Crippen molar-refractivity contribution < 1.29 is 0 Å². The maximum absolute atomic E-state index is 6.03. The van der Waals surface area contributed by atoms with E-state index in [9.17, 15) is 0 Å². The highest BCUT2D eigenvalue weighted by atomic mass is 35.5. The van der Waals surface area contributed by atoms with Crippen molar-refractivity contribution in [3.8, 4) is 0 Å². The Balaban J connectivity index is 2.10. The fourth-order valence-corrected chi connectivity index (χ4v) is 2.58. The largest absolute Gasteiger partial charge is 0.399 e. The normalized spacial score (nSPS) is 11.3. The minimum atomic E-state index is 0.146. The molecule has 3 aromatic rings. The molecule has 0 spiro atoms. The molecule has 22 heavy (non-hydrogen) atoms. The first kappa shape index (κ1) is 14.9. The van der Waals surface area contributed by atoms with Crippen molar-refractivity contribution in [1.29, 1.82) is 0 Å². The summed E-state index contributed by atoms with van der Waals surface area (Å²) in [5, 5.41) is 3.83. The Morgan fingerprint density at radius 3 is 2.64 bits per heavy atom. The highest BCUT2D eigenvalue weighted by molar-refractivity contribution is 6.31. The minimum absolute atomic E-state index is 0.146. The molecule has 0 fully saturated rings. The lowest BCUT2D eigenvalue weighted by Crippen LogP contribution is -2.02. The van der Waals surface area contributed by atoms with E-state index in [1.54, 1.807) is 24.5 Å². The Morgan fingerprint density at radius 1 is 1.18 bits per heavy atom. The summed E-state index contributed by atoms with van der Waals surface area (Å²) in [6.07, 6.45) is 1.72. The molecule has 0 saturated heterocycles. The molecule has 0 amide bonds. The van der Waals surface area contributed by atoms with Crippen molar-refractivity contribution in [2.24, 2.45) is 0 Å². The third-order valence-corrected chi connectivity index (χ3v) is 3.52. The van der Waals surface area contributed by atoms with E-state index in [1.807, 2.05) is 18.4 Å². The van der Waals surface area contributed by atoms with E-state index in [0.29, 0.717) is 33.4 Å². The van der Waals surface area contributed by atoms with E-state index in [4.69, 9.17) is 28.9 Å². The van der Waals surface area contributed by atoms with Crippen molar-refractivity contribution in [1.82, 2.24) is 19.5 Å². The second kappa shape index (κ2) is 5.62. The van der Waals surface area contributed by atoms with Crippen LogP contribution in [0.3, 0.4) is 0 Å². The van der Waals surface area contributed by atoms with Gasteiger partial charge in [0.15, 0.2) is 17.0 Å². The third-order valence-electron chi connectivity index (χ3n) is 3.13. The first-order valence-corrected chi connectivity index (χ1v) is 7.43. The maximum atomic E-state index is 6.03. The van der Waals surface area contributed by atoms with Crippen LogP contribution in [0.4, 0.5) is 17.2 Å². The first-order valence-electron chi connectivity index (χ1n) is 6.67.